The van der Waals surface area contributed by atoms with Crippen LogP contribution in [-0.4, -0.2) is 21.6 Å². The van der Waals surface area contributed by atoms with Gasteiger partial charge in [0.2, 0.25) is 3.79 Å². The van der Waals surface area contributed by atoms with E-state index in [1.165, 1.54) is 11.8 Å². The van der Waals surface area contributed by atoms with Gasteiger partial charge in [-0.15, -0.1) is 0 Å². The Hall–Kier alpha value is 0.940. The van der Waals surface area contributed by atoms with Crippen molar-refractivity contribution in [3.63, 3.8) is 0 Å². The fraction of sp³-hybridized carbons (Fsp3) is 0.538. The maximum Gasteiger partial charge on any atom is 0.390 e. The molecule has 0 bridgehead atoms. The Morgan fingerprint density at radius 3 is 2.36 bits per heavy atom. The first kappa shape index (κ1) is 21.0. The molecular formula is C13H18Cl3O3PS2. The average molecular weight is 424 g/mol. The lowest BCUT2D eigenvalue weighted by Crippen LogP contribution is -2.24. The zero-order valence-corrected chi connectivity index (χ0v) is 17.0. The van der Waals surface area contributed by atoms with Gasteiger partial charge in [-0.3, -0.25) is 4.52 Å². The third kappa shape index (κ3) is 7.67. The van der Waals surface area contributed by atoms with Crippen LogP contribution in [0.15, 0.2) is 35.2 Å². The lowest BCUT2D eigenvalue weighted by molar-refractivity contribution is 0.215. The lowest BCUT2D eigenvalue weighted by atomic mass is 10.4. The monoisotopic (exact) mass is 422 g/mol. The first-order valence-corrected chi connectivity index (χ1v) is 11.8. The van der Waals surface area contributed by atoms with E-state index in [1.807, 2.05) is 37.3 Å². The molecule has 0 radical (unpaired) electrons. The second-order valence-electron chi connectivity index (χ2n) is 4.11. The van der Waals surface area contributed by atoms with Crippen molar-refractivity contribution in [2.75, 3.05) is 12.4 Å². The normalized spacial score (nSPS) is 16.2. The van der Waals surface area contributed by atoms with Gasteiger partial charge in [0.05, 0.1) is 6.61 Å². The first-order chi connectivity index (χ1) is 10.3. The lowest BCUT2D eigenvalue weighted by Gasteiger charge is -2.27. The molecule has 9 heteroatoms. The van der Waals surface area contributed by atoms with Gasteiger partial charge >= 0.3 is 6.80 Å². The summed E-state index contributed by atoms with van der Waals surface area (Å²) in [5.74, 6) is 0.639. The zero-order chi connectivity index (χ0) is 16.6. The van der Waals surface area contributed by atoms with Gasteiger partial charge in [0.15, 0.2) is 5.44 Å². The molecule has 0 saturated heterocycles. The smallest absolute Gasteiger partial charge is 0.301 e. The molecule has 0 aliphatic rings. The van der Waals surface area contributed by atoms with Crippen LogP contribution in [0.25, 0.3) is 0 Å². The maximum absolute atomic E-state index is 12.7. The van der Waals surface area contributed by atoms with Gasteiger partial charge in [0.1, 0.15) is 0 Å². The SMILES string of the molecule is CCCSP(=O)(OCC)OC(Sc1ccccc1)C(Cl)(Cl)Cl. The molecule has 0 N–H and O–H groups in total. The minimum Gasteiger partial charge on any atom is -0.301 e. The van der Waals surface area contributed by atoms with Gasteiger partial charge in [-0.05, 0) is 36.9 Å². The molecule has 0 saturated carbocycles. The molecule has 1 rings (SSSR count). The van der Waals surface area contributed by atoms with E-state index >= 15 is 0 Å². The predicted octanol–water partition coefficient (Wildman–Crippen LogP) is 6.78. The summed E-state index contributed by atoms with van der Waals surface area (Å²) in [4.78, 5) is 0.849. The molecule has 0 aliphatic carbocycles. The zero-order valence-electron chi connectivity index (χ0n) is 12.2. The Bertz CT molecular complexity index is 485. The van der Waals surface area contributed by atoms with E-state index in [9.17, 15) is 4.57 Å². The number of thioether (sulfide) groups is 1. The highest BCUT2D eigenvalue weighted by Gasteiger charge is 2.41. The summed E-state index contributed by atoms with van der Waals surface area (Å²) in [7, 11) is 0. The molecule has 1 aromatic rings. The molecule has 126 valence electrons. The van der Waals surface area contributed by atoms with Crippen molar-refractivity contribution < 1.29 is 13.6 Å². The fourth-order valence-electron chi connectivity index (χ4n) is 1.35. The van der Waals surface area contributed by atoms with Gasteiger partial charge in [-0.2, -0.15) is 0 Å². The third-order valence-electron chi connectivity index (χ3n) is 2.22. The quantitative estimate of drug-likeness (QED) is 0.189. The number of hydrogen-bond acceptors (Lipinski definition) is 5. The molecular weight excluding hydrogens is 406 g/mol. The Balaban J connectivity index is 2.89. The first-order valence-electron chi connectivity index (χ1n) is 6.66. The van der Waals surface area contributed by atoms with Crippen LogP contribution in [0.1, 0.15) is 20.3 Å². The number of benzene rings is 1. The van der Waals surface area contributed by atoms with E-state index in [-0.39, 0.29) is 6.61 Å². The van der Waals surface area contributed by atoms with Crippen LogP contribution in [-0.2, 0) is 13.6 Å². The van der Waals surface area contributed by atoms with Gasteiger partial charge in [-0.25, -0.2) is 4.57 Å². The summed E-state index contributed by atoms with van der Waals surface area (Å²) in [5, 5.41) is 0. The largest absolute Gasteiger partial charge is 0.390 e. The molecule has 1 aromatic carbocycles. The Labute approximate surface area is 155 Å². The van der Waals surface area contributed by atoms with Crippen molar-refractivity contribution in [1.29, 1.82) is 0 Å². The Morgan fingerprint density at radius 1 is 1.23 bits per heavy atom. The molecule has 2 atom stereocenters. The molecule has 0 spiro atoms. The highest BCUT2D eigenvalue weighted by Crippen LogP contribution is 2.64. The standard InChI is InChI=1S/C13H18Cl3O3PS2/c1-3-10-21-20(17,18-4-2)19-12(13(14,15)16)22-11-8-6-5-7-9-11/h5-9,12H,3-4,10H2,1-2H3. The molecule has 2 unspecified atom stereocenters. The van der Waals surface area contributed by atoms with Crippen LogP contribution in [0.5, 0.6) is 0 Å². The number of rotatable bonds is 9. The summed E-state index contributed by atoms with van der Waals surface area (Å²) in [6.07, 6.45) is 0.843. The van der Waals surface area contributed by atoms with Gasteiger partial charge < -0.3 is 4.52 Å². The molecule has 0 fully saturated rings. The molecule has 0 heterocycles. The summed E-state index contributed by atoms with van der Waals surface area (Å²) in [5.41, 5.74) is -0.943. The van der Waals surface area contributed by atoms with Gasteiger partial charge in [-0.1, -0.05) is 71.7 Å². The van der Waals surface area contributed by atoms with Gasteiger partial charge in [0.25, 0.3) is 0 Å². The van der Waals surface area contributed by atoms with Crippen molar-refractivity contribution in [1.82, 2.24) is 0 Å². The van der Waals surface area contributed by atoms with Crippen molar-refractivity contribution in [2.24, 2.45) is 0 Å². The molecule has 3 nitrogen and oxygen atoms in total. The van der Waals surface area contributed by atoms with Crippen molar-refractivity contribution in [3.05, 3.63) is 30.3 Å². The highest BCUT2D eigenvalue weighted by atomic mass is 35.6. The van der Waals surface area contributed by atoms with E-state index in [2.05, 4.69) is 0 Å². The molecule has 0 amide bonds. The van der Waals surface area contributed by atoms with Crippen LogP contribution < -0.4 is 0 Å². The maximum atomic E-state index is 12.7. The van der Waals surface area contributed by atoms with Crippen LogP contribution >= 0.6 is 64.7 Å². The Kier molecular flexibility index (Phi) is 9.59. The van der Waals surface area contributed by atoms with E-state index in [0.717, 1.165) is 22.7 Å². The second-order valence-corrected chi connectivity index (χ2v) is 11.8. The number of alkyl halides is 3. The van der Waals surface area contributed by atoms with E-state index in [1.54, 1.807) is 6.92 Å². The second kappa shape index (κ2) is 10.0. The van der Waals surface area contributed by atoms with Crippen LogP contribution in [0.4, 0.5) is 0 Å². The number of halogens is 3. The van der Waals surface area contributed by atoms with Gasteiger partial charge in [0, 0.05) is 10.6 Å². The average Bonchev–Trinajstić information content (AvgIpc) is 2.45. The van der Waals surface area contributed by atoms with Crippen molar-refractivity contribution >= 4 is 64.7 Å². The molecule has 0 aliphatic heterocycles. The van der Waals surface area contributed by atoms with Crippen molar-refractivity contribution in [2.45, 2.75) is 34.4 Å². The van der Waals surface area contributed by atoms with E-state index in [0.29, 0.717) is 5.75 Å². The minimum absolute atomic E-state index is 0.260. The molecule has 22 heavy (non-hydrogen) atoms. The highest BCUT2D eigenvalue weighted by molar-refractivity contribution is 8.55. The van der Waals surface area contributed by atoms with Crippen LogP contribution in [0.3, 0.4) is 0 Å². The predicted molar refractivity (Wildman–Crippen MR) is 99.4 cm³/mol. The van der Waals surface area contributed by atoms with Crippen molar-refractivity contribution in [3.8, 4) is 0 Å². The summed E-state index contributed by atoms with van der Waals surface area (Å²) < 4.78 is 21.9. The van der Waals surface area contributed by atoms with Crippen LogP contribution in [0.2, 0.25) is 0 Å². The summed E-state index contributed by atoms with van der Waals surface area (Å²) >= 11 is 20.3. The fourth-order valence-corrected chi connectivity index (χ4v) is 6.95. The Morgan fingerprint density at radius 2 is 1.86 bits per heavy atom. The third-order valence-corrected chi connectivity index (χ3v) is 8.57. The van der Waals surface area contributed by atoms with Crippen LogP contribution in [0, 0.1) is 0 Å². The summed E-state index contributed by atoms with van der Waals surface area (Å²) in [6.45, 7) is 0.605. The topological polar surface area (TPSA) is 35.5 Å². The van der Waals surface area contributed by atoms with E-state index in [4.69, 9.17) is 43.9 Å². The summed E-state index contributed by atoms with van der Waals surface area (Å²) in [6, 6.07) is 9.35. The molecule has 0 aromatic heterocycles. The minimum atomic E-state index is -3.38. The number of hydrogen-bond donors (Lipinski definition) is 0. The van der Waals surface area contributed by atoms with E-state index < -0.39 is 16.0 Å².